The number of amides is 1. The molecule has 2 aromatic heterocycles. The third-order valence-corrected chi connectivity index (χ3v) is 3.17. The first kappa shape index (κ1) is 10.1. The standard InChI is InChI=1S/C13H13N3O/c1-2-10-8-13(17)16(9-10)12-5-3-4-11-14-6-7-15(11)12/h2-7,10H,1,8-9H2. The van der Waals surface area contributed by atoms with E-state index in [1.54, 1.807) is 11.1 Å². The predicted molar refractivity (Wildman–Crippen MR) is 65.8 cm³/mol. The zero-order valence-corrected chi connectivity index (χ0v) is 9.41. The van der Waals surface area contributed by atoms with E-state index in [2.05, 4.69) is 11.6 Å². The molecule has 3 heterocycles. The van der Waals surface area contributed by atoms with Crippen molar-refractivity contribution in [1.82, 2.24) is 9.38 Å². The summed E-state index contributed by atoms with van der Waals surface area (Å²) in [6.45, 7) is 4.47. The fourth-order valence-electron chi connectivity index (χ4n) is 2.27. The van der Waals surface area contributed by atoms with Crippen LogP contribution in [0.25, 0.3) is 5.65 Å². The van der Waals surface area contributed by atoms with Gasteiger partial charge < -0.3 is 0 Å². The maximum absolute atomic E-state index is 12.0. The van der Waals surface area contributed by atoms with Gasteiger partial charge in [0.05, 0.1) is 0 Å². The molecule has 4 nitrogen and oxygen atoms in total. The molecule has 1 aliphatic rings. The molecule has 2 aromatic rings. The Hall–Kier alpha value is -2.10. The molecule has 1 atom stereocenters. The highest BCUT2D eigenvalue weighted by Gasteiger charge is 2.29. The van der Waals surface area contributed by atoms with E-state index < -0.39 is 0 Å². The van der Waals surface area contributed by atoms with Gasteiger partial charge in [0.25, 0.3) is 0 Å². The van der Waals surface area contributed by atoms with Gasteiger partial charge in [0, 0.05) is 31.3 Å². The minimum Gasteiger partial charge on any atom is -0.297 e. The topological polar surface area (TPSA) is 37.6 Å². The molecule has 1 unspecified atom stereocenters. The van der Waals surface area contributed by atoms with Gasteiger partial charge in [0.1, 0.15) is 11.5 Å². The Bertz CT molecular complexity index is 587. The lowest BCUT2D eigenvalue weighted by Gasteiger charge is -2.17. The van der Waals surface area contributed by atoms with Gasteiger partial charge in [-0.3, -0.25) is 14.1 Å². The predicted octanol–water partition coefficient (Wildman–Crippen LogP) is 1.87. The summed E-state index contributed by atoms with van der Waals surface area (Å²) >= 11 is 0. The third-order valence-electron chi connectivity index (χ3n) is 3.17. The normalized spacial score (nSPS) is 20.1. The zero-order valence-electron chi connectivity index (χ0n) is 9.41. The minimum atomic E-state index is 0.149. The average molecular weight is 227 g/mol. The number of nitrogens with zero attached hydrogens (tertiary/aromatic N) is 3. The first-order chi connectivity index (χ1) is 8.29. The number of carbonyl (C=O) groups is 1. The molecule has 3 rings (SSSR count). The van der Waals surface area contributed by atoms with Gasteiger partial charge in [-0.1, -0.05) is 12.1 Å². The highest BCUT2D eigenvalue weighted by Crippen LogP contribution is 2.25. The van der Waals surface area contributed by atoms with Gasteiger partial charge in [-0.25, -0.2) is 4.98 Å². The Kier molecular flexibility index (Phi) is 2.21. The molecule has 1 saturated heterocycles. The van der Waals surface area contributed by atoms with Crippen LogP contribution in [0.4, 0.5) is 5.82 Å². The van der Waals surface area contributed by atoms with Crippen LogP contribution in [0, 0.1) is 5.92 Å². The number of fused-ring (bicyclic) bond motifs is 1. The van der Waals surface area contributed by atoms with Crippen LogP contribution >= 0.6 is 0 Å². The summed E-state index contributed by atoms with van der Waals surface area (Å²) in [6, 6.07) is 5.79. The van der Waals surface area contributed by atoms with Crippen LogP contribution in [0.2, 0.25) is 0 Å². The van der Waals surface area contributed by atoms with Crippen LogP contribution in [0.15, 0.2) is 43.2 Å². The van der Waals surface area contributed by atoms with Crippen LogP contribution in [-0.2, 0) is 4.79 Å². The van der Waals surface area contributed by atoms with Gasteiger partial charge in [-0.15, -0.1) is 6.58 Å². The summed E-state index contributed by atoms with van der Waals surface area (Å²) in [5.41, 5.74) is 0.859. The first-order valence-corrected chi connectivity index (χ1v) is 5.64. The molecule has 17 heavy (non-hydrogen) atoms. The van der Waals surface area contributed by atoms with E-state index in [1.807, 2.05) is 34.9 Å². The molecule has 0 spiro atoms. The van der Waals surface area contributed by atoms with Crippen molar-refractivity contribution in [2.45, 2.75) is 6.42 Å². The summed E-state index contributed by atoms with van der Waals surface area (Å²) in [5, 5.41) is 0. The molecular formula is C13H13N3O. The lowest BCUT2D eigenvalue weighted by atomic mass is 10.1. The largest absolute Gasteiger partial charge is 0.297 e. The van der Waals surface area contributed by atoms with E-state index in [1.165, 1.54) is 0 Å². The van der Waals surface area contributed by atoms with E-state index >= 15 is 0 Å². The molecule has 0 saturated carbocycles. The van der Waals surface area contributed by atoms with Crippen molar-refractivity contribution < 1.29 is 4.79 Å². The van der Waals surface area contributed by atoms with Crippen LogP contribution in [0.5, 0.6) is 0 Å². The Morgan fingerprint density at radius 2 is 2.35 bits per heavy atom. The van der Waals surface area contributed by atoms with E-state index in [4.69, 9.17) is 0 Å². The number of imidazole rings is 1. The fourth-order valence-corrected chi connectivity index (χ4v) is 2.27. The van der Waals surface area contributed by atoms with Crippen molar-refractivity contribution in [1.29, 1.82) is 0 Å². The molecule has 1 amide bonds. The Morgan fingerprint density at radius 3 is 3.12 bits per heavy atom. The van der Waals surface area contributed by atoms with Crippen molar-refractivity contribution in [2.75, 3.05) is 11.4 Å². The summed E-state index contributed by atoms with van der Waals surface area (Å²) in [6.07, 6.45) is 6.02. The number of anilines is 1. The van der Waals surface area contributed by atoms with E-state index in [-0.39, 0.29) is 11.8 Å². The molecule has 0 bridgehead atoms. The second-order valence-corrected chi connectivity index (χ2v) is 4.24. The molecule has 0 N–H and O–H groups in total. The Balaban J connectivity index is 2.07. The average Bonchev–Trinajstić information content (AvgIpc) is 2.94. The van der Waals surface area contributed by atoms with Gasteiger partial charge in [0.15, 0.2) is 0 Å². The SMILES string of the molecule is C=CC1CC(=O)N(c2cccc3nccn23)C1. The smallest absolute Gasteiger partial charge is 0.228 e. The molecule has 1 fully saturated rings. The fraction of sp³-hybridized carbons (Fsp3) is 0.231. The monoisotopic (exact) mass is 227 g/mol. The molecule has 0 aromatic carbocycles. The van der Waals surface area contributed by atoms with Gasteiger partial charge in [-0.05, 0) is 12.1 Å². The number of hydrogen-bond donors (Lipinski definition) is 0. The van der Waals surface area contributed by atoms with E-state index in [0.717, 1.165) is 11.5 Å². The number of hydrogen-bond acceptors (Lipinski definition) is 2. The quantitative estimate of drug-likeness (QED) is 0.734. The number of pyridine rings is 1. The summed E-state index contributed by atoms with van der Waals surface area (Å²) < 4.78 is 1.93. The summed E-state index contributed by atoms with van der Waals surface area (Å²) in [5.74, 6) is 1.28. The van der Waals surface area contributed by atoms with Gasteiger partial charge >= 0.3 is 0 Å². The highest BCUT2D eigenvalue weighted by atomic mass is 16.2. The van der Waals surface area contributed by atoms with Crippen molar-refractivity contribution in [3.8, 4) is 0 Å². The van der Waals surface area contributed by atoms with E-state index in [9.17, 15) is 4.79 Å². The van der Waals surface area contributed by atoms with Gasteiger partial charge in [-0.2, -0.15) is 0 Å². The molecule has 0 radical (unpaired) electrons. The third kappa shape index (κ3) is 1.53. The molecule has 0 aliphatic carbocycles. The first-order valence-electron chi connectivity index (χ1n) is 5.64. The number of carbonyl (C=O) groups excluding carboxylic acids is 1. The maximum atomic E-state index is 12.0. The van der Waals surface area contributed by atoms with Crippen molar-refractivity contribution in [3.05, 3.63) is 43.2 Å². The van der Waals surface area contributed by atoms with Crippen LogP contribution in [0.1, 0.15) is 6.42 Å². The summed E-state index contributed by atoms with van der Waals surface area (Å²) in [4.78, 5) is 18.0. The Morgan fingerprint density at radius 1 is 1.47 bits per heavy atom. The Labute approximate surface area is 99.2 Å². The van der Waals surface area contributed by atoms with E-state index in [0.29, 0.717) is 13.0 Å². The lowest BCUT2D eigenvalue weighted by molar-refractivity contribution is -0.117. The van der Waals surface area contributed by atoms with Crippen LogP contribution in [0.3, 0.4) is 0 Å². The van der Waals surface area contributed by atoms with Crippen LogP contribution in [-0.4, -0.2) is 21.8 Å². The molecular weight excluding hydrogens is 214 g/mol. The lowest BCUT2D eigenvalue weighted by Crippen LogP contribution is -2.26. The molecule has 1 aliphatic heterocycles. The minimum absolute atomic E-state index is 0.149. The number of rotatable bonds is 2. The van der Waals surface area contributed by atoms with Crippen LogP contribution < -0.4 is 4.90 Å². The van der Waals surface area contributed by atoms with Crippen molar-refractivity contribution in [2.24, 2.45) is 5.92 Å². The van der Waals surface area contributed by atoms with Gasteiger partial charge in [0.2, 0.25) is 5.91 Å². The van der Waals surface area contributed by atoms with Crippen molar-refractivity contribution >= 4 is 17.4 Å². The molecule has 4 heteroatoms. The second-order valence-electron chi connectivity index (χ2n) is 4.24. The molecule has 86 valence electrons. The highest BCUT2D eigenvalue weighted by molar-refractivity contribution is 5.95. The maximum Gasteiger partial charge on any atom is 0.228 e. The second kappa shape index (κ2) is 3.73. The van der Waals surface area contributed by atoms with Crippen molar-refractivity contribution in [3.63, 3.8) is 0 Å². The number of aromatic nitrogens is 2. The summed E-state index contributed by atoms with van der Waals surface area (Å²) in [7, 11) is 0. The zero-order chi connectivity index (χ0) is 11.8.